The third-order valence-electron chi connectivity index (χ3n) is 8.03. The fraction of sp³-hybridized carbons (Fsp3) is 0.395. The van der Waals surface area contributed by atoms with E-state index < -0.39 is 18.7 Å². The van der Waals surface area contributed by atoms with E-state index in [4.69, 9.17) is 24.4 Å². The number of aliphatic hydroxyl groups excluding tert-OH is 2. The molecule has 2 aromatic heterocycles. The van der Waals surface area contributed by atoms with Crippen molar-refractivity contribution in [2.75, 3.05) is 40.0 Å². The van der Waals surface area contributed by atoms with Crippen LogP contribution in [0.4, 0.5) is 0 Å². The van der Waals surface area contributed by atoms with Gasteiger partial charge in [0.25, 0.3) is 0 Å². The monoisotopic (exact) mass is 816 g/mol. The molecule has 0 aliphatic heterocycles. The molecule has 0 saturated heterocycles. The number of rotatable bonds is 15. The minimum atomic E-state index is -0.532. The third kappa shape index (κ3) is 15.1. The molecule has 59 heavy (non-hydrogen) atoms. The van der Waals surface area contributed by atoms with Crippen LogP contribution in [-0.2, 0) is 41.4 Å². The molecule has 0 bridgehead atoms. The standard InChI is InChI=1S/C33H30N6O6.C5H12O3.C3H8.C2H6O/c1-20-15-22(17-28(32(20)42)38-34-24-7-3-4-8-25(24)35-38)11-13-30(40)44-19-45-31(41)14-12-23-16-21(2)33(43)29(18-23)39-36-26-9-5-6-10-27(26)37-39;1-2-7-3-4-8-5-6;1-3-2;1-2-3/h3-10,15-18,42-43H,11-14,19H2,1-2H3;6H,2-5H2,1H3;3H2,1-2H3;3H,2H2,1H3. The van der Waals surface area contributed by atoms with E-state index in [-0.39, 0.29) is 37.7 Å². The van der Waals surface area contributed by atoms with E-state index in [1.54, 1.807) is 45.0 Å². The van der Waals surface area contributed by atoms with E-state index in [9.17, 15) is 19.8 Å². The second-order valence-electron chi connectivity index (χ2n) is 12.9. The number of aromatic nitrogens is 6. The predicted molar refractivity (Wildman–Crippen MR) is 222 cm³/mol. The lowest BCUT2D eigenvalue weighted by Crippen LogP contribution is -2.14. The number of phenolic OH excluding ortho intramolecular Hbond substituents is 2. The zero-order valence-corrected chi connectivity index (χ0v) is 34.6. The number of nitrogens with zero attached hydrogens (tertiary/aromatic N) is 6. The summed E-state index contributed by atoms with van der Waals surface area (Å²) in [5.74, 6) is -0.954. The number of carbonyl (C=O) groups excluding carboxylic acids is 2. The number of phenols is 2. The van der Waals surface area contributed by atoms with Gasteiger partial charge in [-0.2, -0.15) is 0 Å². The van der Waals surface area contributed by atoms with Crippen LogP contribution in [0.25, 0.3) is 33.4 Å². The summed E-state index contributed by atoms with van der Waals surface area (Å²) in [5, 5.41) is 54.6. The van der Waals surface area contributed by atoms with E-state index in [2.05, 4.69) is 39.0 Å². The van der Waals surface area contributed by atoms with Crippen molar-refractivity contribution < 1.29 is 49.0 Å². The van der Waals surface area contributed by atoms with Crippen molar-refractivity contribution in [2.24, 2.45) is 0 Å². The van der Waals surface area contributed by atoms with Crippen molar-refractivity contribution in [1.29, 1.82) is 0 Å². The predicted octanol–water partition coefficient (Wildman–Crippen LogP) is 6.20. The highest BCUT2D eigenvalue weighted by molar-refractivity contribution is 5.75. The fourth-order valence-corrected chi connectivity index (χ4v) is 5.32. The summed E-state index contributed by atoms with van der Waals surface area (Å²) < 4.78 is 19.7. The van der Waals surface area contributed by atoms with Crippen LogP contribution < -0.4 is 0 Å². The first-order valence-corrected chi connectivity index (χ1v) is 19.5. The van der Waals surface area contributed by atoms with Crippen LogP contribution >= 0.6 is 0 Å². The highest BCUT2D eigenvalue weighted by atomic mass is 16.7. The maximum Gasteiger partial charge on any atom is 0.308 e. The Morgan fingerprint density at radius 2 is 0.966 bits per heavy atom. The summed E-state index contributed by atoms with van der Waals surface area (Å²) in [7, 11) is 0. The van der Waals surface area contributed by atoms with Gasteiger partial charge in [0.1, 0.15) is 51.7 Å². The van der Waals surface area contributed by atoms with E-state index in [0.717, 1.165) is 11.1 Å². The zero-order valence-electron chi connectivity index (χ0n) is 34.6. The molecule has 4 aromatic carbocycles. The zero-order chi connectivity index (χ0) is 43.2. The van der Waals surface area contributed by atoms with Crippen LogP contribution in [0.1, 0.15) is 69.2 Å². The van der Waals surface area contributed by atoms with Gasteiger partial charge >= 0.3 is 11.9 Å². The number of benzene rings is 4. The van der Waals surface area contributed by atoms with Gasteiger partial charge in [-0.25, -0.2) is 0 Å². The number of aliphatic hydroxyl groups is 2. The lowest BCUT2D eigenvalue weighted by molar-refractivity contribution is -0.167. The first kappa shape index (κ1) is 47.4. The number of ether oxygens (including phenoxy) is 4. The SMILES string of the molecule is CCC.CCO.CCOCCOCO.Cc1cc(CCC(=O)OCOC(=O)CCc2cc(C)c(O)c(-n3nc4ccccc4n3)c2)cc(-n2nc3ccccc3n2)c1O. The Bertz CT molecular complexity index is 1980. The van der Waals surface area contributed by atoms with Gasteiger partial charge in [-0.15, -0.1) is 30.0 Å². The molecule has 6 rings (SSSR count). The normalized spacial score (nSPS) is 10.5. The van der Waals surface area contributed by atoms with Crippen molar-refractivity contribution in [3.63, 3.8) is 0 Å². The molecule has 2 heterocycles. The molecule has 0 aliphatic rings. The molecular weight excluding hydrogens is 761 g/mol. The Kier molecular flexibility index (Phi) is 20.4. The molecule has 0 radical (unpaired) electrons. The summed E-state index contributed by atoms with van der Waals surface area (Å²) >= 11 is 0. The Labute approximate surface area is 343 Å². The number of aromatic hydroxyl groups is 2. The van der Waals surface area contributed by atoms with Crippen molar-refractivity contribution >= 4 is 34.0 Å². The van der Waals surface area contributed by atoms with Crippen molar-refractivity contribution in [3.8, 4) is 22.9 Å². The first-order chi connectivity index (χ1) is 28.5. The lowest BCUT2D eigenvalue weighted by Gasteiger charge is -2.11. The van der Waals surface area contributed by atoms with Gasteiger partial charge in [0.05, 0.1) is 13.2 Å². The quantitative estimate of drug-likeness (QED) is 0.0517. The molecule has 16 nitrogen and oxygen atoms in total. The topological polar surface area (TPSA) is 213 Å². The Morgan fingerprint density at radius 1 is 0.610 bits per heavy atom. The summed E-state index contributed by atoms with van der Waals surface area (Å²) in [5.41, 5.74) is 6.43. The summed E-state index contributed by atoms with van der Waals surface area (Å²) in [6, 6.07) is 21.8. The van der Waals surface area contributed by atoms with Gasteiger partial charge in [0, 0.05) is 26.1 Å². The number of carbonyl (C=O) groups is 2. The summed E-state index contributed by atoms with van der Waals surface area (Å²) in [6.45, 7) is 12.7. The summed E-state index contributed by atoms with van der Waals surface area (Å²) in [4.78, 5) is 27.5. The number of esters is 2. The van der Waals surface area contributed by atoms with E-state index >= 15 is 0 Å². The van der Waals surface area contributed by atoms with Crippen molar-refractivity contribution in [3.05, 3.63) is 95.1 Å². The second kappa shape index (κ2) is 25.4. The number of hydrogen-bond donors (Lipinski definition) is 4. The average Bonchev–Trinajstić information content (AvgIpc) is 3.86. The smallest absolute Gasteiger partial charge is 0.308 e. The molecule has 0 fully saturated rings. The maximum atomic E-state index is 12.4. The molecule has 0 atom stereocenters. The van der Waals surface area contributed by atoms with Gasteiger partial charge < -0.3 is 39.4 Å². The molecule has 6 aromatic rings. The Morgan fingerprint density at radius 3 is 1.31 bits per heavy atom. The molecule has 0 aliphatic carbocycles. The molecule has 4 N–H and O–H groups in total. The summed E-state index contributed by atoms with van der Waals surface area (Å²) in [6.07, 6.45) is 2.01. The molecular formula is C43H56N6O10. The van der Waals surface area contributed by atoms with E-state index in [1.807, 2.05) is 55.5 Å². The second-order valence-corrected chi connectivity index (χ2v) is 12.9. The molecule has 0 saturated carbocycles. The highest BCUT2D eigenvalue weighted by Gasteiger charge is 2.16. The number of fused-ring (bicyclic) bond motifs is 2. The minimum Gasteiger partial charge on any atom is -0.505 e. The molecule has 0 amide bonds. The van der Waals surface area contributed by atoms with Crippen LogP contribution in [0.5, 0.6) is 11.5 Å². The van der Waals surface area contributed by atoms with Gasteiger partial charge in [-0.05, 0) is 99.2 Å². The average molecular weight is 817 g/mol. The minimum absolute atomic E-state index is 0.0434. The maximum absolute atomic E-state index is 12.4. The van der Waals surface area contributed by atoms with Gasteiger partial charge in [-0.1, -0.05) is 56.7 Å². The largest absolute Gasteiger partial charge is 0.505 e. The molecule has 318 valence electrons. The van der Waals surface area contributed by atoms with Gasteiger partial charge in [0.15, 0.2) is 0 Å². The third-order valence-corrected chi connectivity index (χ3v) is 8.03. The van der Waals surface area contributed by atoms with Crippen molar-refractivity contribution in [2.45, 2.75) is 73.6 Å². The van der Waals surface area contributed by atoms with Crippen LogP contribution in [-0.4, -0.2) is 102 Å². The highest BCUT2D eigenvalue weighted by Crippen LogP contribution is 2.29. The Balaban J connectivity index is 0.000000576. The lowest BCUT2D eigenvalue weighted by atomic mass is 10.0. The molecule has 16 heteroatoms. The van der Waals surface area contributed by atoms with Crippen molar-refractivity contribution in [1.82, 2.24) is 30.0 Å². The van der Waals surface area contributed by atoms with E-state index in [0.29, 0.717) is 77.2 Å². The fourth-order valence-electron chi connectivity index (χ4n) is 5.32. The van der Waals surface area contributed by atoms with Crippen LogP contribution in [0.3, 0.4) is 0 Å². The number of hydrogen-bond acceptors (Lipinski definition) is 14. The number of aryl methyl sites for hydroxylation is 4. The molecule has 0 unspecified atom stereocenters. The Hall–Kier alpha value is -5.94. The van der Waals surface area contributed by atoms with Crippen LogP contribution in [0, 0.1) is 13.8 Å². The first-order valence-electron chi connectivity index (χ1n) is 19.5. The van der Waals surface area contributed by atoms with Gasteiger partial charge in [0.2, 0.25) is 6.79 Å². The van der Waals surface area contributed by atoms with E-state index in [1.165, 1.54) is 16.0 Å². The van der Waals surface area contributed by atoms with Crippen LogP contribution in [0.2, 0.25) is 0 Å². The van der Waals surface area contributed by atoms with Gasteiger partial charge in [-0.3, -0.25) is 9.59 Å². The molecule has 0 spiro atoms. The van der Waals surface area contributed by atoms with Crippen LogP contribution in [0.15, 0.2) is 72.8 Å².